The van der Waals surface area contributed by atoms with Crippen molar-refractivity contribution in [3.05, 3.63) is 60.2 Å². The molecule has 9 nitrogen and oxygen atoms in total. The summed E-state index contributed by atoms with van der Waals surface area (Å²) in [6.45, 7) is 11.3. The molecule has 198 valence electrons. The lowest BCUT2D eigenvalue weighted by Crippen LogP contribution is -2.50. The zero-order valence-electron chi connectivity index (χ0n) is 21.8. The minimum atomic E-state index is -0.644. The summed E-state index contributed by atoms with van der Waals surface area (Å²) in [5.41, 5.74) is 1.46. The Morgan fingerprint density at radius 3 is 2.37 bits per heavy atom. The van der Waals surface area contributed by atoms with Crippen molar-refractivity contribution in [2.24, 2.45) is 0 Å². The van der Waals surface area contributed by atoms with Gasteiger partial charge in [0.05, 0.1) is 18.0 Å². The van der Waals surface area contributed by atoms with Gasteiger partial charge in [0.2, 0.25) is 5.95 Å². The fourth-order valence-electron chi connectivity index (χ4n) is 4.64. The van der Waals surface area contributed by atoms with Crippen molar-refractivity contribution in [2.75, 3.05) is 31.5 Å². The lowest BCUT2D eigenvalue weighted by molar-refractivity contribution is 0.0595. The average Bonchev–Trinajstić information content (AvgIpc) is 3.28. The molecule has 0 aromatic carbocycles. The van der Waals surface area contributed by atoms with Crippen molar-refractivity contribution in [1.82, 2.24) is 34.3 Å². The smallest absolute Gasteiger partial charge is 0.255 e. The van der Waals surface area contributed by atoms with Crippen LogP contribution in [0.1, 0.15) is 44.1 Å². The van der Waals surface area contributed by atoms with Gasteiger partial charge in [-0.3, -0.25) is 9.69 Å². The Morgan fingerprint density at radius 2 is 1.71 bits per heavy atom. The normalized spacial score (nSPS) is 14.6. The predicted octanol–water partition coefficient (Wildman–Crippen LogP) is 4.66. The largest absolute Gasteiger partial charge is 0.336 e. The zero-order chi connectivity index (χ0) is 27.0. The first-order valence-electron chi connectivity index (χ1n) is 12.7. The molecular formula is C27H30F2N8O. The van der Waals surface area contributed by atoms with Crippen LogP contribution in [0.4, 0.5) is 20.5 Å². The summed E-state index contributed by atoms with van der Waals surface area (Å²) in [5, 5.41) is 3.42. The SMILES string of the molecule is CC(C)N1CCN(C(=O)c2ccc(Nc3ncc(F)c(-c4cn(C(C)C)c5ncc(F)cc45)n3)nc2)CC1. The van der Waals surface area contributed by atoms with Crippen LogP contribution in [0.15, 0.2) is 43.0 Å². The van der Waals surface area contributed by atoms with Crippen molar-refractivity contribution in [3.8, 4) is 11.3 Å². The number of carbonyl (C=O) groups excluding carboxylic acids is 1. The van der Waals surface area contributed by atoms with Crippen LogP contribution in [0.3, 0.4) is 0 Å². The molecule has 0 aliphatic carbocycles. The number of nitrogens with zero attached hydrogens (tertiary/aromatic N) is 7. The van der Waals surface area contributed by atoms with Gasteiger partial charge in [0.15, 0.2) is 5.82 Å². The molecule has 0 bridgehead atoms. The molecule has 0 radical (unpaired) electrons. The van der Waals surface area contributed by atoms with Gasteiger partial charge in [-0.2, -0.15) is 0 Å². The molecule has 4 aromatic heterocycles. The van der Waals surface area contributed by atoms with Crippen LogP contribution in [0.25, 0.3) is 22.3 Å². The highest BCUT2D eigenvalue weighted by Gasteiger charge is 2.24. The van der Waals surface area contributed by atoms with Crippen LogP contribution in [-0.4, -0.2) is 72.4 Å². The molecule has 1 aliphatic rings. The third-order valence-electron chi connectivity index (χ3n) is 6.77. The number of rotatable bonds is 6. The van der Waals surface area contributed by atoms with E-state index in [1.165, 1.54) is 12.3 Å². The number of carbonyl (C=O) groups is 1. The molecule has 5 rings (SSSR count). The second-order valence-electron chi connectivity index (χ2n) is 9.94. The third kappa shape index (κ3) is 5.06. The summed E-state index contributed by atoms with van der Waals surface area (Å²) in [4.78, 5) is 34.0. The molecule has 11 heteroatoms. The van der Waals surface area contributed by atoms with Gasteiger partial charge in [0.25, 0.3) is 5.91 Å². The van der Waals surface area contributed by atoms with E-state index in [0.717, 1.165) is 25.5 Å². The second-order valence-corrected chi connectivity index (χ2v) is 9.94. The van der Waals surface area contributed by atoms with Crippen molar-refractivity contribution in [2.45, 2.75) is 39.8 Å². The fourth-order valence-corrected chi connectivity index (χ4v) is 4.64. The van der Waals surface area contributed by atoms with Crippen molar-refractivity contribution >= 4 is 28.7 Å². The topological polar surface area (TPSA) is 92.1 Å². The van der Waals surface area contributed by atoms with Crippen molar-refractivity contribution in [3.63, 3.8) is 0 Å². The quantitative estimate of drug-likeness (QED) is 0.395. The maximum atomic E-state index is 14.9. The molecule has 0 atom stereocenters. The molecule has 4 aromatic rings. The van der Waals surface area contributed by atoms with E-state index in [1.807, 2.05) is 23.3 Å². The summed E-state index contributed by atoms with van der Waals surface area (Å²) in [6, 6.07) is 5.16. The fraction of sp³-hybridized carbons (Fsp3) is 0.370. The Balaban J connectivity index is 1.36. The van der Waals surface area contributed by atoms with E-state index in [1.54, 1.807) is 18.3 Å². The Kier molecular flexibility index (Phi) is 7.02. The summed E-state index contributed by atoms with van der Waals surface area (Å²) < 4.78 is 30.7. The lowest BCUT2D eigenvalue weighted by atomic mass is 10.1. The Bertz CT molecular complexity index is 1460. The number of pyridine rings is 2. The molecule has 1 aliphatic heterocycles. The molecule has 5 heterocycles. The van der Waals surface area contributed by atoms with E-state index in [2.05, 4.69) is 44.0 Å². The Hall–Kier alpha value is -3.99. The molecule has 0 spiro atoms. The van der Waals surface area contributed by atoms with E-state index in [9.17, 15) is 13.6 Å². The van der Waals surface area contributed by atoms with Crippen LogP contribution < -0.4 is 5.32 Å². The molecule has 1 amide bonds. The van der Waals surface area contributed by atoms with Crippen molar-refractivity contribution < 1.29 is 13.6 Å². The highest BCUT2D eigenvalue weighted by Crippen LogP contribution is 2.33. The average molecular weight is 521 g/mol. The monoisotopic (exact) mass is 520 g/mol. The van der Waals surface area contributed by atoms with Gasteiger partial charge in [-0.15, -0.1) is 0 Å². The first kappa shape index (κ1) is 25.7. The molecule has 38 heavy (non-hydrogen) atoms. The minimum absolute atomic E-state index is 0.0200. The highest BCUT2D eigenvalue weighted by molar-refractivity contribution is 5.94. The molecule has 1 saturated heterocycles. The van der Waals surface area contributed by atoms with Gasteiger partial charge >= 0.3 is 0 Å². The van der Waals surface area contributed by atoms with Crippen LogP contribution >= 0.6 is 0 Å². The number of piperazine rings is 1. The number of fused-ring (bicyclic) bond motifs is 1. The molecule has 0 unspecified atom stereocenters. The predicted molar refractivity (Wildman–Crippen MR) is 141 cm³/mol. The van der Waals surface area contributed by atoms with Gasteiger partial charge in [-0.25, -0.2) is 28.7 Å². The number of amides is 1. The first-order chi connectivity index (χ1) is 18.2. The molecule has 1 N–H and O–H groups in total. The van der Waals surface area contributed by atoms with E-state index in [-0.39, 0.29) is 23.6 Å². The van der Waals surface area contributed by atoms with Gasteiger partial charge in [-0.1, -0.05) is 0 Å². The summed E-state index contributed by atoms with van der Waals surface area (Å²) >= 11 is 0. The highest BCUT2D eigenvalue weighted by atomic mass is 19.1. The zero-order valence-corrected chi connectivity index (χ0v) is 21.8. The number of anilines is 2. The van der Waals surface area contributed by atoms with E-state index >= 15 is 0 Å². The summed E-state index contributed by atoms with van der Waals surface area (Å²) in [6.07, 6.45) is 5.43. The van der Waals surface area contributed by atoms with Gasteiger partial charge in [0.1, 0.15) is 23.0 Å². The maximum Gasteiger partial charge on any atom is 0.255 e. The maximum absolute atomic E-state index is 14.9. The Morgan fingerprint density at radius 1 is 0.947 bits per heavy atom. The molecular weight excluding hydrogens is 490 g/mol. The van der Waals surface area contributed by atoms with E-state index < -0.39 is 11.6 Å². The van der Waals surface area contributed by atoms with Crippen LogP contribution in [0.5, 0.6) is 0 Å². The van der Waals surface area contributed by atoms with Crippen LogP contribution in [0, 0.1) is 11.6 Å². The van der Waals surface area contributed by atoms with Crippen LogP contribution in [0.2, 0.25) is 0 Å². The Labute approximate surface area is 219 Å². The number of hydrogen-bond acceptors (Lipinski definition) is 7. The minimum Gasteiger partial charge on any atom is -0.336 e. The van der Waals surface area contributed by atoms with Gasteiger partial charge in [0, 0.05) is 61.6 Å². The third-order valence-corrected chi connectivity index (χ3v) is 6.77. The van der Waals surface area contributed by atoms with E-state index in [0.29, 0.717) is 47.1 Å². The summed E-state index contributed by atoms with van der Waals surface area (Å²) in [5.74, 6) is -0.702. The summed E-state index contributed by atoms with van der Waals surface area (Å²) in [7, 11) is 0. The van der Waals surface area contributed by atoms with Crippen molar-refractivity contribution in [1.29, 1.82) is 0 Å². The molecule has 1 fully saturated rings. The number of halogens is 2. The van der Waals surface area contributed by atoms with E-state index in [4.69, 9.17) is 0 Å². The first-order valence-corrected chi connectivity index (χ1v) is 12.7. The second kappa shape index (κ2) is 10.4. The number of nitrogens with one attached hydrogen (secondary N) is 1. The van der Waals surface area contributed by atoms with Crippen LogP contribution in [-0.2, 0) is 0 Å². The number of aromatic nitrogens is 5. The van der Waals surface area contributed by atoms with Gasteiger partial charge in [-0.05, 0) is 45.9 Å². The van der Waals surface area contributed by atoms with Gasteiger partial charge < -0.3 is 14.8 Å². The number of hydrogen-bond donors (Lipinski definition) is 1. The lowest BCUT2D eigenvalue weighted by Gasteiger charge is -2.36. The standard InChI is InChI=1S/C27H30F2N8O/c1-16(2)35-7-9-36(10-8-35)26(38)18-5-6-23(30-12-18)33-27-32-14-22(29)24(34-27)21-15-37(17(3)4)25-20(21)11-19(28)13-31-25/h5-6,11-17H,7-10H2,1-4H3,(H,30,32,33,34). The molecule has 0 saturated carbocycles.